The number of likely N-dealkylation sites (tertiary alicyclic amines) is 1. The summed E-state index contributed by atoms with van der Waals surface area (Å²) in [5, 5.41) is 14.0. The first kappa shape index (κ1) is 26.9. The summed E-state index contributed by atoms with van der Waals surface area (Å²) in [5.74, 6) is 2.08. The van der Waals surface area contributed by atoms with Crippen LogP contribution in [-0.4, -0.2) is 50.3 Å². The highest BCUT2D eigenvalue weighted by atomic mass is 16.5. The zero-order chi connectivity index (χ0) is 28.3. The van der Waals surface area contributed by atoms with Crippen LogP contribution in [-0.2, 0) is 13.0 Å². The highest BCUT2D eigenvalue weighted by Gasteiger charge is 2.33. The zero-order valence-corrected chi connectivity index (χ0v) is 23.9. The normalized spacial score (nSPS) is 15.3. The summed E-state index contributed by atoms with van der Waals surface area (Å²) in [5.41, 5.74) is 6.08. The summed E-state index contributed by atoms with van der Waals surface area (Å²) in [6, 6.07) is 24.5. The summed E-state index contributed by atoms with van der Waals surface area (Å²) in [7, 11) is 1.66. The van der Waals surface area contributed by atoms with Crippen LogP contribution >= 0.6 is 0 Å². The fourth-order valence-corrected chi connectivity index (χ4v) is 6.08. The Morgan fingerprint density at radius 1 is 0.951 bits per heavy atom. The van der Waals surface area contributed by atoms with E-state index in [4.69, 9.17) is 4.74 Å². The molecule has 3 aromatic carbocycles. The first-order valence-corrected chi connectivity index (χ1v) is 14.3. The standard InChI is InChI=1S/C33H36N6O2/c1-22-9-10-23(2)30-28(22)20-29(33(40)34-30)31(38-17-15-25(16-18-38)19-24-7-5-4-6-8-24)32-35-36-37-39(32)21-26-11-13-27(41-3)14-12-26/h4-14,20,25,31H,15-19,21H2,1-3H3,(H,34,40). The molecule has 1 N–H and O–H groups in total. The van der Waals surface area contributed by atoms with Gasteiger partial charge < -0.3 is 9.72 Å². The van der Waals surface area contributed by atoms with Gasteiger partial charge in [0.25, 0.3) is 5.56 Å². The number of hydrogen-bond acceptors (Lipinski definition) is 6. The Hall–Kier alpha value is -4.30. The second-order valence-corrected chi connectivity index (χ2v) is 11.2. The Kier molecular flexibility index (Phi) is 7.65. The van der Waals surface area contributed by atoms with Crippen LogP contribution in [0.2, 0.25) is 0 Å². The highest BCUT2D eigenvalue weighted by molar-refractivity contribution is 5.85. The molecule has 0 saturated carbocycles. The van der Waals surface area contributed by atoms with Crippen LogP contribution in [0.25, 0.3) is 10.9 Å². The molecule has 0 aliphatic carbocycles. The number of ether oxygens (including phenoxy) is 1. The van der Waals surface area contributed by atoms with Gasteiger partial charge in [0, 0.05) is 10.9 Å². The van der Waals surface area contributed by atoms with Crippen LogP contribution in [0.1, 0.15) is 52.5 Å². The molecule has 41 heavy (non-hydrogen) atoms. The Labute approximate surface area is 240 Å². The first-order valence-electron chi connectivity index (χ1n) is 14.3. The van der Waals surface area contributed by atoms with Gasteiger partial charge in [-0.2, -0.15) is 0 Å². The summed E-state index contributed by atoms with van der Waals surface area (Å²) in [6.45, 7) is 6.34. The predicted molar refractivity (Wildman–Crippen MR) is 160 cm³/mol. The molecule has 1 fully saturated rings. The molecule has 2 aromatic heterocycles. The van der Waals surface area contributed by atoms with Crippen LogP contribution in [0.5, 0.6) is 5.75 Å². The number of aryl methyl sites for hydroxylation is 2. The van der Waals surface area contributed by atoms with E-state index in [0.717, 1.165) is 65.7 Å². The number of aromatic amines is 1. The van der Waals surface area contributed by atoms with Gasteiger partial charge in [-0.1, -0.05) is 54.6 Å². The third kappa shape index (κ3) is 5.65. The maximum absolute atomic E-state index is 13.7. The van der Waals surface area contributed by atoms with E-state index >= 15 is 0 Å². The number of tetrazole rings is 1. The van der Waals surface area contributed by atoms with Crippen LogP contribution in [0.3, 0.4) is 0 Å². The van der Waals surface area contributed by atoms with Gasteiger partial charge in [0.05, 0.1) is 19.2 Å². The fourth-order valence-electron chi connectivity index (χ4n) is 6.08. The van der Waals surface area contributed by atoms with Crippen molar-refractivity contribution in [2.45, 2.75) is 45.7 Å². The number of benzene rings is 3. The quantitative estimate of drug-likeness (QED) is 0.286. The van der Waals surface area contributed by atoms with Crippen LogP contribution in [0.15, 0.2) is 77.6 Å². The molecule has 8 heteroatoms. The monoisotopic (exact) mass is 548 g/mol. The molecular weight excluding hydrogens is 512 g/mol. The molecule has 1 saturated heterocycles. The van der Waals surface area contributed by atoms with Gasteiger partial charge in [-0.25, -0.2) is 4.68 Å². The molecule has 5 aromatic rings. The van der Waals surface area contributed by atoms with Gasteiger partial charge in [-0.05, 0) is 103 Å². The molecule has 1 unspecified atom stereocenters. The topological polar surface area (TPSA) is 88.9 Å². The second-order valence-electron chi connectivity index (χ2n) is 11.2. The molecule has 0 bridgehead atoms. The van der Waals surface area contributed by atoms with E-state index in [0.29, 0.717) is 23.9 Å². The molecule has 0 amide bonds. The van der Waals surface area contributed by atoms with Gasteiger partial charge >= 0.3 is 0 Å². The fraction of sp³-hybridized carbons (Fsp3) is 0.333. The minimum absolute atomic E-state index is 0.0957. The molecule has 8 nitrogen and oxygen atoms in total. The number of hydrogen-bond donors (Lipinski definition) is 1. The lowest BCUT2D eigenvalue weighted by Crippen LogP contribution is -2.41. The number of rotatable bonds is 8. The van der Waals surface area contributed by atoms with Crippen molar-refractivity contribution in [2.24, 2.45) is 5.92 Å². The molecule has 1 atom stereocenters. The summed E-state index contributed by atoms with van der Waals surface area (Å²) >= 11 is 0. The molecule has 0 spiro atoms. The van der Waals surface area contributed by atoms with Gasteiger partial charge in [-0.15, -0.1) is 5.10 Å². The van der Waals surface area contributed by atoms with E-state index in [9.17, 15) is 4.79 Å². The van der Waals surface area contributed by atoms with Crippen molar-refractivity contribution in [3.63, 3.8) is 0 Å². The number of aromatic nitrogens is 5. The number of piperidine rings is 1. The van der Waals surface area contributed by atoms with E-state index in [-0.39, 0.29) is 11.6 Å². The Balaban J connectivity index is 1.36. The van der Waals surface area contributed by atoms with Crippen molar-refractivity contribution in [1.82, 2.24) is 30.1 Å². The molecule has 210 valence electrons. The van der Waals surface area contributed by atoms with Gasteiger partial charge in [0.2, 0.25) is 0 Å². The molecule has 0 radical (unpaired) electrons. The summed E-state index contributed by atoms with van der Waals surface area (Å²) in [6.07, 6.45) is 3.17. The molecule has 6 rings (SSSR count). The maximum Gasteiger partial charge on any atom is 0.253 e. The van der Waals surface area contributed by atoms with Crippen molar-refractivity contribution in [2.75, 3.05) is 20.2 Å². The average Bonchev–Trinajstić information content (AvgIpc) is 3.45. The molecule has 1 aliphatic heterocycles. The Bertz CT molecular complexity index is 1690. The van der Waals surface area contributed by atoms with Crippen LogP contribution < -0.4 is 10.3 Å². The minimum atomic E-state index is -0.367. The van der Waals surface area contributed by atoms with Crippen molar-refractivity contribution in [3.8, 4) is 5.75 Å². The third-order valence-corrected chi connectivity index (χ3v) is 8.44. The van der Waals surface area contributed by atoms with Gasteiger partial charge in [0.1, 0.15) is 11.8 Å². The Morgan fingerprint density at radius 2 is 1.68 bits per heavy atom. The number of fused-ring (bicyclic) bond motifs is 1. The predicted octanol–water partition coefficient (Wildman–Crippen LogP) is 5.23. The molecule has 1 aliphatic rings. The van der Waals surface area contributed by atoms with Crippen molar-refractivity contribution in [1.29, 1.82) is 0 Å². The lowest BCUT2D eigenvalue weighted by Gasteiger charge is -2.37. The zero-order valence-electron chi connectivity index (χ0n) is 23.9. The number of pyridine rings is 1. The van der Waals surface area contributed by atoms with E-state index in [2.05, 4.69) is 80.9 Å². The SMILES string of the molecule is COc1ccc(Cn2nnnc2C(c2cc3c(C)ccc(C)c3[nH]c2=O)N2CCC(Cc3ccccc3)CC2)cc1. The third-order valence-electron chi connectivity index (χ3n) is 8.44. The average molecular weight is 549 g/mol. The second kappa shape index (κ2) is 11.7. The van der Waals surface area contributed by atoms with Crippen molar-refractivity contribution >= 4 is 10.9 Å². The molecule has 3 heterocycles. The van der Waals surface area contributed by atoms with E-state index in [1.807, 2.05) is 35.9 Å². The smallest absolute Gasteiger partial charge is 0.253 e. The summed E-state index contributed by atoms with van der Waals surface area (Å²) in [4.78, 5) is 19.3. The molecular formula is C33H36N6O2. The number of methoxy groups -OCH3 is 1. The number of nitrogens with one attached hydrogen (secondary N) is 1. The number of nitrogens with zero attached hydrogens (tertiary/aromatic N) is 5. The van der Waals surface area contributed by atoms with E-state index in [1.165, 1.54) is 5.56 Å². The minimum Gasteiger partial charge on any atom is -0.497 e. The maximum atomic E-state index is 13.7. The van der Waals surface area contributed by atoms with Gasteiger partial charge in [0.15, 0.2) is 5.82 Å². The number of H-pyrrole nitrogens is 1. The summed E-state index contributed by atoms with van der Waals surface area (Å²) < 4.78 is 7.15. The first-order chi connectivity index (χ1) is 20.0. The largest absolute Gasteiger partial charge is 0.497 e. The lowest BCUT2D eigenvalue weighted by molar-refractivity contribution is 0.143. The van der Waals surface area contributed by atoms with Crippen LogP contribution in [0.4, 0.5) is 0 Å². The Morgan fingerprint density at radius 3 is 2.41 bits per heavy atom. The van der Waals surface area contributed by atoms with E-state index < -0.39 is 0 Å². The lowest BCUT2D eigenvalue weighted by atomic mass is 9.88. The van der Waals surface area contributed by atoms with Crippen LogP contribution in [0, 0.1) is 19.8 Å². The van der Waals surface area contributed by atoms with E-state index in [1.54, 1.807) is 7.11 Å². The van der Waals surface area contributed by atoms with Crippen molar-refractivity contribution in [3.05, 3.63) is 117 Å². The van der Waals surface area contributed by atoms with Gasteiger partial charge in [-0.3, -0.25) is 9.69 Å². The highest BCUT2D eigenvalue weighted by Crippen LogP contribution is 2.33. The van der Waals surface area contributed by atoms with Crippen molar-refractivity contribution < 1.29 is 4.74 Å².